The van der Waals surface area contributed by atoms with Gasteiger partial charge in [-0.15, -0.1) is 0 Å². The standard InChI is InChI=1S/C27H36N2O3/c1-4-25(27(31)28-23-12-6-5-7-13-23)29(18-22-11-9-8-10-21(22)3)26(30)19-32-24-16-14-20(2)15-17-24/h8-11,14-17,23,25H,4-7,12-13,18-19H2,1-3H3,(H,28,31)/t25-/m1/s1. The molecule has 3 rings (SSSR count). The van der Waals surface area contributed by atoms with E-state index in [1.165, 1.54) is 6.42 Å². The SMILES string of the molecule is CC[C@H](C(=O)NC1CCCCC1)N(Cc1ccccc1C)C(=O)COc1ccc(C)cc1. The fraction of sp³-hybridized carbons (Fsp3) is 0.481. The Kier molecular flexibility index (Phi) is 8.72. The van der Waals surface area contributed by atoms with Crippen LogP contribution in [0.1, 0.15) is 62.1 Å². The van der Waals surface area contributed by atoms with Crippen LogP contribution in [0.4, 0.5) is 0 Å². The maximum atomic E-state index is 13.3. The third kappa shape index (κ3) is 6.59. The first-order valence-electron chi connectivity index (χ1n) is 11.8. The van der Waals surface area contributed by atoms with Crippen LogP contribution in [-0.2, 0) is 16.1 Å². The second-order valence-electron chi connectivity index (χ2n) is 8.82. The molecule has 2 aromatic rings. The van der Waals surface area contributed by atoms with Crippen molar-refractivity contribution in [3.63, 3.8) is 0 Å². The van der Waals surface area contributed by atoms with Crippen LogP contribution in [0.15, 0.2) is 48.5 Å². The van der Waals surface area contributed by atoms with Crippen molar-refractivity contribution in [1.82, 2.24) is 10.2 Å². The zero-order chi connectivity index (χ0) is 22.9. The Hall–Kier alpha value is -2.82. The molecule has 1 aliphatic rings. The van der Waals surface area contributed by atoms with Crippen molar-refractivity contribution in [2.24, 2.45) is 0 Å². The van der Waals surface area contributed by atoms with Crippen molar-refractivity contribution in [3.8, 4) is 5.75 Å². The molecular formula is C27H36N2O3. The van der Waals surface area contributed by atoms with Gasteiger partial charge in [-0.2, -0.15) is 0 Å². The Morgan fingerprint density at radius 1 is 1.03 bits per heavy atom. The molecule has 0 spiro atoms. The molecule has 2 amide bonds. The summed E-state index contributed by atoms with van der Waals surface area (Å²) in [5.74, 6) is 0.413. The predicted molar refractivity (Wildman–Crippen MR) is 127 cm³/mol. The zero-order valence-corrected chi connectivity index (χ0v) is 19.6. The van der Waals surface area contributed by atoms with Crippen LogP contribution < -0.4 is 10.1 Å². The molecule has 32 heavy (non-hydrogen) atoms. The van der Waals surface area contributed by atoms with E-state index in [-0.39, 0.29) is 24.5 Å². The largest absolute Gasteiger partial charge is 0.484 e. The highest BCUT2D eigenvalue weighted by Crippen LogP contribution is 2.20. The molecule has 5 heteroatoms. The molecule has 0 radical (unpaired) electrons. The van der Waals surface area contributed by atoms with Gasteiger partial charge in [-0.3, -0.25) is 9.59 Å². The van der Waals surface area contributed by atoms with Gasteiger partial charge in [0.25, 0.3) is 5.91 Å². The van der Waals surface area contributed by atoms with E-state index in [0.29, 0.717) is 18.7 Å². The van der Waals surface area contributed by atoms with Crippen molar-refractivity contribution >= 4 is 11.8 Å². The van der Waals surface area contributed by atoms with Gasteiger partial charge in [-0.05, 0) is 56.4 Å². The van der Waals surface area contributed by atoms with Crippen LogP contribution >= 0.6 is 0 Å². The number of carbonyl (C=O) groups excluding carboxylic acids is 2. The summed E-state index contributed by atoms with van der Waals surface area (Å²) < 4.78 is 5.77. The Bertz CT molecular complexity index is 888. The van der Waals surface area contributed by atoms with Crippen LogP contribution in [0.25, 0.3) is 0 Å². The Balaban J connectivity index is 1.75. The highest BCUT2D eigenvalue weighted by molar-refractivity contribution is 5.88. The van der Waals surface area contributed by atoms with Crippen LogP contribution in [0, 0.1) is 13.8 Å². The maximum absolute atomic E-state index is 13.3. The van der Waals surface area contributed by atoms with Crippen LogP contribution in [0.2, 0.25) is 0 Å². The van der Waals surface area contributed by atoms with Gasteiger partial charge in [-0.25, -0.2) is 0 Å². The first-order valence-corrected chi connectivity index (χ1v) is 11.8. The van der Waals surface area contributed by atoms with Crippen molar-refractivity contribution in [2.45, 2.75) is 77.9 Å². The van der Waals surface area contributed by atoms with Crippen LogP contribution in [-0.4, -0.2) is 35.4 Å². The van der Waals surface area contributed by atoms with Gasteiger partial charge in [0.05, 0.1) is 0 Å². The van der Waals surface area contributed by atoms with Gasteiger partial charge in [0.15, 0.2) is 6.61 Å². The fourth-order valence-electron chi connectivity index (χ4n) is 4.30. The van der Waals surface area contributed by atoms with Crippen LogP contribution in [0.5, 0.6) is 5.75 Å². The number of carbonyl (C=O) groups is 2. The van der Waals surface area contributed by atoms with Gasteiger partial charge in [0.2, 0.25) is 5.91 Å². The number of amides is 2. The average Bonchev–Trinajstić information content (AvgIpc) is 2.80. The van der Waals surface area contributed by atoms with E-state index in [4.69, 9.17) is 4.74 Å². The van der Waals surface area contributed by atoms with E-state index in [2.05, 4.69) is 5.32 Å². The average molecular weight is 437 g/mol. The van der Waals surface area contributed by atoms with Crippen molar-refractivity contribution < 1.29 is 14.3 Å². The smallest absolute Gasteiger partial charge is 0.261 e. The summed E-state index contributed by atoms with van der Waals surface area (Å²) in [6.07, 6.45) is 6.13. The van der Waals surface area contributed by atoms with Crippen molar-refractivity contribution in [3.05, 3.63) is 65.2 Å². The van der Waals surface area contributed by atoms with E-state index >= 15 is 0 Å². The zero-order valence-electron chi connectivity index (χ0n) is 19.6. The number of hydrogen-bond acceptors (Lipinski definition) is 3. The second kappa shape index (κ2) is 11.7. The number of ether oxygens (including phenoxy) is 1. The lowest BCUT2D eigenvalue weighted by molar-refractivity contribution is -0.143. The first-order chi connectivity index (χ1) is 15.5. The number of benzene rings is 2. The van der Waals surface area contributed by atoms with Crippen molar-refractivity contribution in [2.75, 3.05) is 6.61 Å². The van der Waals surface area contributed by atoms with Crippen LogP contribution in [0.3, 0.4) is 0 Å². The fourth-order valence-corrected chi connectivity index (χ4v) is 4.30. The summed E-state index contributed by atoms with van der Waals surface area (Å²) in [5.41, 5.74) is 3.28. The first kappa shape index (κ1) is 23.8. The monoisotopic (exact) mass is 436 g/mol. The lowest BCUT2D eigenvalue weighted by atomic mass is 9.95. The number of rotatable bonds is 9. The third-order valence-electron chi connectivity index (χ3n) is 6.32. The summed E-state index contributed by atoms with van der Waals surface area (Å²) in [4.78, 5) is 28.2. The van der Waals surface area contributed by atoms with Gasteiger partial charge in [0, 0.05) is 12.6 Å². The molecule has 1 atom stereocenters. The highest BCUT2D eigenvalue weighted by atomic mass is 16.5. The number of nitrogens with zero attached hydrogens (tertiary/aromatic N) is 1. The van der Waals surface area contributed by atoms with Crippen molar-refractivity contribution in [1.29, 1.82) is 0 Å². The molecule has 0 heterocycles. The molecule has 1 aliphatic carbocycles. The molecule has 0 aromatic heterocycles. The number of hydrogen-bond donors (Lipinski definition) is 1. The van der Waals surface area contributed by atoms with Gasteiger partial charge in [-0.1, -0.05) is 68.1 Å². The highest BCUT2D eigenvalue weighted by Gasteiger charge is 2.30. The predicted octanol–water partition coefficient (Wildman–Crippen LogP) is 4.94. The third-order valence-corrected chi connectivity index (χ3v) is 6.32. The molecule has 0 bridgehead atoms. The van der Waals surface area contributed by atoms with Gasteiger partial charge >= 0.3 is 0 Å². The molecular weight excluding hydrogens is 400 g/mol. The summed E-state index contributed by atoms with van der Waals surface area (Å²) >= 11 is 0. The maximum Gasteiger partial charge on any atom is 0.261 e. The van der Waals surface area contributed by atoms with Gasteiger partial charge < -0.3 is 15.0 Å². The molecule has 2 aromatic carbocycles. The molecule has 0 aliphatic heterocycles. The molecule has 5 nitrogen and oxygen atoms in total. The Morgan fingerprint density at radius 3 is 2.38 bits per heavy atom. The quantitative estimate of drug-likeness (QED) is 0.606. The summed E-state index contributed by atoms with van der Waals surface area (Å²) in [6.45, 7) is 6.30. The van der Waals surface area contributed by atoms with E-state index < -0.39 is 6.04 Å². The number of nitrogens with one attached hydrogen (secondary N) is 1. The minimum Gasteiger partial charge on any atom is -0.484 e. The summed E-state index contributed by atoms with van der Waals surface area (Å²) in [7, 11) is 0. The minimum absolute atomic E-state index is 0.0586. The topological polar surface area (TPSA) is 58.6 Å². The molecule has 0 saturated heterocycles. The minimum atomic E-state index is -0.523. The summed E-state index contributed by atoms with van der Waals surface area (Å²) in [5, 5.41) is 3.21. The lowest BCUT2D eigenvalue weighted by Crippen LogP contribution is -2.52. The molecule has 0 unspecified atom stereocenters. The molecule has 172 valence electrons. The Morgan fingerprint density at radius 2 is 1.72 bits per heavy atom. The Labute approximate surface area is 192 Å². The molecule has 1 saturated carbocycles. The van der Waals surface area contributed by atoms with E-state index in [1.54, 1.807) is 4.90 Å². The second-order valence-corrected chi connectivity index (χ2v) is 8.82. The van der Waals surface area contributed by atoms with E-state index in [9.17, 15) is 9.59 Å². The molecule has 1 fully saturated rings. The van der Waals surface area contributed by atoms with Gasteiger partial charge in [0.1, 0.15) is 11.8 Å². The molecule has 1 N–H and O–H groups in total. The van der Waals surface area contributed by atoms with E-state index in [1.807, 2.05) is 69.3 Å². The summed E-state index contributed by atoms with van der Waals surface area (Å²) in [6, 6.07) is 15.3. The number of aryl methyl sites for hydroxylation is 2. The van der Waals surface area contributed by atoms with E-state index in [0.717, 1.165) is 42.4 Å². The normalized spacial score (nSPS) is 15.1. The lowest BCUT2D eigenvalue weighted by Gasteiger charge is -2.33.